The highest BCUT2D eigenvalue weighted by atomic mass is 32.2. The van der Waals surface area contributed by atoms with Crippen molar-refractivity contribution in [3.05, 3.63) is 48.0 Å². The van der Waals surface area contributed by atoms with Crippen LogP contribution in [0.15, 0.2) is 47.4 Å². The summed E-state index contributed by atoms with van der Waals surface area (Å²) < 4.78 is 62.2. The van der Waals surface area contributed by atoms with E-state index in [0.717, 1.165) is 25.7 Å². The Hall–Kier alpha value is -2.58. The fraction of sp³-hybridized carbons (Fsp3) is 0.571. The number of aromatic amines is 1. The van der Waals surface area contributed by atoms with Crippen LogP contribution in [0.1, 0.15) is 51.5 Å². The molecule has 0 spiro atoms. The average Bonchev–Trinajstić information content (AvgIpc) is 3.63. The number of sulfonamides is 2. The number of aromatic nitrogens is 3. The number of aliphatic hydroxyl groups is 1. The van der Waals surface area contributed by atoms with Gasteiger partial charge in [0.25, 0.3) is 0 Å². The summed E-state index contributed by atoms with van der Waals surface area (Å²) in [5.41, 5.74) is 1.67. The van der Waals surface area contributed by atoms with Crippen LogP contribution in [0.2, 0.25) is 0 Å². The van der Waals surface area contributed by atoms with Crippen molar-refractivity contribution in [3.63, 3.8) is 0 Å². The highest BCUT2D eigenvalue weighted by Crippen LogP contribution is 2.28. The van der Waals surface area contributed by atoms with E-state index in [2.05, 4.69) is 15.4 Å². The van der Waals surface area contributed by atoms with Crippen LogP contribution in [0.5, 0.6) is 5.75 Å². The monoisotopic (exact) mass is 607 g/mol. The van der Waals surface area contributed by atoms with Gasteiger partial charge < -0.3 is 9.84 Å². The number of H-pyrrole nitrogens is 1. The predicted octanol–water partition coefficient (Wildman–Crippen LogP) is 3.39. The second-order valence-electron chi connectivity index (χ2n) is 11.2. The smallest absolute Gasteiger partial charge is 0.243 e. The maximum atomic E-state index is 13.7. The first kappa shape index (κ1) is 31.4. The number of aliphatic hydroxyl groups excluding tert-OH is 1. The zero-order chi connectivity index (χ0) is 29.6. The second-order valence-corrected chi connectivity index (χ2v) is 15.1. The van der Waals surface area contributed by atoms with Gasteiger partial charge in [0.1, 0.15) is 16.8 Å². The number of rotatable bonds is 15. The van der Waals surface area contributed by atoms with Gasteiger partial charge in [-0.15, -0.1) is 0 Å². The third-order valence-electron chi connectivity index (χ3n) is 7.49. The molecule has 0 radical (unpaired) electrons. The molecule has 2 N–H and O–H groups in total. The summed E-state index contributed by atoms with van der Waals surface area (Å²) in [5, 5.41) is 21.8. The molecular weight excluding hydrogens is 566 g/mol. The molecular formula is C28H41N5O6S2. The number of hydrogen-bond donors (Lipinski definition) is 2. The van der Waals surface area contributed by atoms with Crippen LogP contribution in [0, 0.1) is 11.8 Å². The molecule has 1 aromatic heterocycles. The molecule has 1 saturated carbocycles. The largest absolute Gasteiger partial charge is 0.497 e. The summed E-state index contributed by atoms with van der Waals surface area (Å²) in [6.45, 7) is 4.37. The lowest BCUT2D eigenvalue weighted by atomic mass is 10.1. The molecule has 226 valence electrons. The molecule has 1 aliphatic carbocycles. The number of fused-ring (bicyclic) bond motifs is 1. The van der Waals surface area contributed by atoms with Gasteiger partial charge in [-0.25, -0.2) is 21.1 Å². The van der Waals surface area contributed by atoms with Crippen molar-refractivity contribution in [2.45, 2.75) is 62.7 Å². The van der Waals surface area contributed by atoms with E-state index in [1.54, 1.807) is 30.3 Å². The van der Waals surface area contributed by atoms with Gasteiger partial charge in [-0.3, -0.25) is 0 Å². The molecule has 0 aliphatic heterocycles. The maximum absolute atomic E-state index is 13.7. The molecule has 41 heavy (non-hydrogen) atoms. The summed E-state index contributed by atoms with van der Waals surface area (Å²) in [5.74, 6) is 0.597. The summed E-state index contributed by atoms with van der Waals surface area (Å²) >= 11 is 0. The SMILES string of the molecule is COc1ccc(S(=O)(=O)N(CC(C)C)C[C@@H](O)CCN(CC2CCCC2)S(=O)(=O)Cc2cccc3n[nH]nc23)cc1. The van der Waals surface area contributed by atoms with Crippen molar-refractivity contribution in [3.8, 4) is 5.75 Å². The number of ether oxygens (including phenoxy) is 1. The normalized spacial score (nSPS) is 15.9. The third-order valence-corrected chi connectivity index (χ3v) is 11.1. The molecule has 2 aromatic carbocycles. The lowest BCUT2D eigenvalue weighted by Gasteiger charge is -2.29. The second kappa shape index (κ2) is 13.6. The molecule has 4 rings (SSSR count). The maximum Gasteiger partial charge on any atom is 0.243 e. The van der Waals surface area contributed by atoms with Crippen molar-refractivity contribution < 1.29 is 26.7 Å². The number of benzene rings is 2. The highest BCUT2D eigenvalue weighted by Gasteiger charge is 2.31. The first-order valence-corrected chi connectivity index (χ1v) is 17.1. The Kier molecular flexibility index (Phi) is 10.4. The van der Waals surface area contributed by atoms with Gasteiger partial charge in [0.05, 0.1) is 23.9 Å². The van der Waals surface area contributed by atoms with E-state index in [1.165, 1.54) is 27.9 Å². The first-order chi connectivity index (χ1) is 19.5. The minimum atomic E-state index is -3.89. The Morgan fingerprint density at radius 1 is 1.00 bits per heavy atom. The Labute approximate surface area is 243 Å². The van der Waals surface area contributed by atoms with Crippen LogP contribution in [0.25, 0.3) is 11.0 Å². The van der Waals surface area contributed by atoms with E-state index in [-0.39, 0.29) is 48.5 Å². The Balaban J connectivity index is 1.49. The lowest BCUT2D eigenvalue weighted by molar-refractivity contribution is 0.125. The van der Waals surface area contributed by atoms with Crippen LogP contribution in [0.4, 0.5) is 0 Å². The van der Waals surface area contributed by atoms with Crippen LogP contribution in [-0.4, -0.2) is 85.4 Å². The van der Waals surface area contributed by atoms with E-state index in [1.807, 2.05) is 13.8 Å². The molecule has 3 aromatic rings. The van der Waals surface area contributed by atoms with Gasteiger partial charge in [-0.05, 0) is 67.0 Å². The summed E-state index contributed by atoms with van der Waals surface area (Å²) in [4.78, 5) is 0.110. The molecule has 13 heteroatoms. The molecule has 1 atom stereocenters. The lowest BCUT2D eigenvalue weighted by Crippen LogP contribution is -2.42. The van der Waals surface area contributed by atoms with E-state index in [9.17, 15) is 21.9 Å². The minimum absolute atomic E-state index is 0.0219. The topological polar surface area (TPSA) is 146 Å². The molecule has 11 nitrogen and oxygen atoms in total. The highest BCUT2D eigenvalue weighted by molar-refractivity contribution is 7.89. The van der Waals surface area contributed by atoms with E-state index in [4.69, 9.17) is 4.74 Å². The number of para-hydroxylation sites is 1. The van der Waals surface area contributed by atoms with Crippen molar-refractivity contribution in [1.29, 1.82) is 0 Å². The summed E-state index contributed by atoms with van der Waals surface area (Å²) in [6.07, 6.45) is 3.14. The van der Waals surface area contributed by atoms with E-state index >= 15 is 0 Å². The van der Waals surface area contributed by atoms with E-state index < -0.39 is 26.2 Å². The Bertz CT molecular complexity index is 1490. The van der Waals surface area contributed by atoms with Gasteiger partial charge in [-0.1, -0.05) is 38.8 Å². The van der Waals surface area contributed by atoms with E-state index in [0.29, 0.717) is 28.9 Å². The molecule has 1 aliphatic rings. The van der Waals surface area contributed by atoms with Gasteiger partial charge >= 0.3 is 0 Å². The van der Waals surface area contributed by atoms with Crippen LogP contribution < -0.4 is 4.74 Å². The Morgan fingerprint density at radius 3 is 2.37 bits per heavy atom. The third kappa shape index (κ3) is 8.04. The summed E-state index contributed by atoms with van der Waals surface area (Å²) in [7, 11) is -6.13. The number of nitrogens with zero attached hydrogens (tertiary/aromatic N) is 4. The molecule has 0 saturated heterocycles. The van der Waals surface area contributed by atoms with Crippen molar-refractivity contribution >= 4 is 31.1 Å². The molecule has 0 bridgehead atoms. The number of hydrogen-bond acceptors (Lipinski definition) is 8. The van der Waals surface area contributed by atoms with Gasteiger partial charge in [0.2, 0.25) is 20.0 Å². The minimum Gasteiger partial charge on any atom is -0.497 e. The summed E-state index contributed by atoms with van der Waals surface area (Å²) in [6, 6.07) is 11.4. The van der Waals surface area contributed by atoms with Crippen LogP contribution in [-0.2, 0) is 25.8 Å². The zero-order valence-corrected chi connectivity index (χ0v) is 25.6. The number of nitrogens with one attached hydrogen (secondary N) is 1. The van der Waals surface area contributed by atoms with Crippen LogP contribution >= 0.6 is 0 Å². The van der Waals surface area contributed by atoms with Crippen molar-refractivity contribution in [2.24, 2.45) is 11.8 Å². The number of methoxy groups -OCH3 is 1. The van der Waals surface area contributed by atoms with Crippen LogP contribution in [0.3, 0.4) is 0 Å². The molecule has 0 amide bonds. The van der Waals surface area contributed by atoms with Crippen molar-refractivity contribution in [1.82, 2.24) is 24.0 Å². The quantitative estimate of drug-likeness (QED) is 0.267. The fourth-order valence-electron chi connectivity index (χ4n) is 5.35. The molecule has 0 unspecified atom stereocenters. The standard InChI is InChI=1S/C28H41N5O6S2/c1-21(2)17-33(41(37,38)26-13-11-25(39-3)12-14-26)19-24(34)15-16-32(18-22-7-4-5-8-22)40(35,36)20-23-9-6-10-27-28(23)30-31-29-27/h6,9-14,21-22,24,34H,4-5,7-8,15-20H2,1-3H3,(H,29,30,31)/t24-/m0/s1. The average molecular weight is 608 g/mol. The van der Waals surface area contributed by atoms with Gasteiger partial charge in [-0.2, -0.15) is 19.7 Å². The predicted molar refractivity (Wildman–Crippen MR) is 157 cm³/mol. The first-order valence-electron chi connectivity index (χ1n) is 14.1. The van der Waals surface area contributed by atoms with Gasteiger partial charge in [0, 0.05) is 26.2 Å². The molecule has 1 heterocycles. The zero-order valence-electron chi connectivity index (χ0n) is 23.9. The Morgan fingerprint density at radius 2 is 1.71 bits per heavy atom. The fourth-order valence-corrected chi connectivity index (χ4v) is 8.62. The molecule has 1 fully saturated rings. The van der Waals surface area contributed by atoms with Gasteiger partial charge in [0.15, 0.2) is 0 Å². The van der Waals surface area contributed by atoms with Crippen molar-refractivity contribution in [2.75, 3.05) is 33.3 Å².